The van der Waals surface area contributed by atoms with E-state index in [1.54, 1.807) is 0 Å². The highest BCUT2D eigenvalue weighted by atomic mass is 16.4. The van der Waals surface area contributed by atoms with Crippen LogP contribution >= 0.6 is 0 Å². The van der Waals surface area contributed by atoms with Crippen molar-refractivity contribution >= 4 is 5.97 Å². The van der Waals surface area contributed by atoms with Crippen LogP contribution in [0.5, 0.6) is 0 Å². The van der Waals surface area contributed by atoms with Crippen molar-refractivity contribution in [2.24, 2.45) is 11.7 Å². The molecule has 0 aromatic heterocycles. The summed E-state index contributed by atoms with van der Waals surface area (Å²) in [6.45, 7) is 4.08. The normalized spacial score (nSPS) is 15.7. The van der Waals surface area contributed by atoms with Crippen molar-refractivity contribution < 1.29 is 9.90 Å². The highest BCUT2D eigenvalue weighted by Crippen LogP contribution is 2.28. The molecule has 0 saturated carbocycles. The van der Waals surface area contributed by atoms with Crippen LogP contribution in [0.25, 0.3) is 0 Å². The third-order valence-electron chi connectivity index (χ3n) is 3.93. The van der Waals surface area contributed by atoms with Gasteiger partial charge in [0.2, 0.25) is 0 Å². The fourth-order valence-corrected chi connectivity index (χ4v) is 2.49. The van der Waals surface area contributed by atoms with Gasteiger partial charge in [-0.1, -0.05) is 57.0 Å². The van der Waals surface area contributed by atoms with Crippen molar-refractivity contribution in [2.75, 3.05) is 0 Å². The van der Waals surface area contributed by atoms with E-state index in [-0.39, 0.29) is 0 Å². The first-order valence-electron chi connectivity index (χ1n) is 7.09. The first-order valence-corrected chi connectivity index (χ1v) is 7.09. The van der Waals surface area contributed by atoms with Gasteiger partial charge in [0.15, 0.2) is 0 Å². The van der Waals surface area contributed by atoms with E-state index in [0.717, 1.165) is 24.8 Å². The molecule has 0 aliphatic carbocycles. The van der Waals surface area contributed by atoms with Crippen molar-refractivity contribution in [3.8, 4) is 0 Å². The van der Waals surface area contributed by atoms with Gasteiger partial charge in [-0.2, -0.15) is 0 Å². The molecule has 0 fully saturated rings. The molecule has 1 aromatic carbocycles. The van der Waals surface area contributed by atoms with E-state index in [1.807, 2.05) is 37.3 Å². The Labute approximate surface area is 115 Å². The summed E-state index contributed by atoms with van der Waals surface area (Å²) < 4.78 is 0. The molecule has 2 atom stereocenters. The van der Waals surface area contributed by atoms with Gasteiger partial charge in [-0.15, -0.1) is 0 Å². The van der Waals surface area contributed by atoms with E-state index < -0.39 is 17.4 Å². The molecule has 0 aliphatic rings. The zero-order valence-corrected chi connectivity index (χ0v) is 11.9. The minimum absolute atomic E-state index is 0.504. The Hall–Kier alpha value is -1.35. The molecular formula is C16H25NO2. The predicted octanol–water partition coefficient (Wildman–Crippen LogP) is 3.23. The van der Waals surface area contributed by atoms with Gasteiger partial charge in [0, 0.05) is 5.54 Å². The Morgan fingerprint density at radius 2 is 1.95 bits per heavy atom. The topological polar surface area (TPSA) is 63.3 Å². The van der Waals surface area contributed by atoms with Crippen molar-refractivity contribution in [3.05, 3.63) is 35.9 Å². The van der Waals surface area contributed by atoms with Gasteiger partial charge in [-0.05, 0) is 24.8 Å². The van der Waals surface area contributed by atoms with E-state index in [1.165, 1.54) is 0 Å². The number of aliphatic carboxylic acids is 1. The molecule has 0 spiro atoms. The van der Waals surface area contributed by atoms with Crippen LogP contribution in [0.2, 0.25) is 0 Å². The van der Waals surface area contributed by atoms with E-state index in [9.17, 15) is 9.90 Å². The van der Waals surface area contributed by atoms with Crippen LogP contribution in [0.3, 0.4) is 0 Å². The van der Waals surface area contributed by atoms with Gasteiger partial charge in [0.25, 0.3) is 0 Å². The van der Waals surface area contributed by atoms with Gasteiger partial charge < -0.3 is 10.8 Å². The summed E-state index contributed by atoms with van der Waals surface area (Å²) in [7, 11) is 0. The van der Waals surface area contributed by atoms with Gasteiger partial charge in [-0.25, -0.2) is 0 Å². The molecule has 0 saturated heterocycles. The van der Waals surface area contributed by atoms with Crippen LogP contribution in [0.15, 0.2) is 30.3 Å². The maximum atomic E-state index is 11.6. The molecule has 1 rings (SSSR count). The van der Waals surface area contributed by atoms with Crippen LogP contribution in [0, 0.1) is 5.92 Å². The number of hydrogen-bond donors (Lipinski definition) is 2. The first-order chi connectivity index (χ1) is 9.03. The van der Waals surface area contributed by atoms with Crippen LogP contribution in [-0.4, -0.2) is 16.6 Å². The lowest BCUT2D eigenvalue weighted by molar-refractivity contribution is -0.144. The van der Waals surface area contributed by atoms with Crippen molar-refractivity contribution in [2.45, 2.75) is 51.5 Å². The number of nitrogens with two attached hydrogens (primary N) is 1. The Bertz CT molecular complexity index is 391. The monoisotopic (exact) mass is 263 g/mol. The fraction of sp³-hybridized carbons (Fsp3) is 0.562. The molecule has 0 aliphatic heterocycles. The summed E-state index contributed by atoms with van der Waals surface area (Å²) in [6, 6.07) is 9.73. The molecule has 3 heteroatoms. The molecule has 19 heavy (non-hydrogen) atoms. The van der Waals surface area contributed by atoms with Crippen molar-refractivity contribution in [1.29, 1.82) is 0 Å². The van der Waals surface area contributed by atoms with Crippen molar-refractivity contribution in [3.63, 3.8) is 0 Å². The average Bonchev–Trinajstić information content (AvgIpc) is 2.43. The highest BCUT2D eigenvalue weighted by molar-refractivity contribution is 5.72. The second kappa shape index (κ2) is 7.29. The van der Waals surface area contributed by atoms with Gasteiger partial charge in [-0.3, -0.25) is 4.79 Å². The number of hydrogen-bond acceptors (Lipinski definition) is 2. The molecule has 106 valence electrons. The molecule has 3 N–H and O–H groups in total. The zero-order chi connectivity index (χ0) is 14.3. The third-order valence-corrected chi connectivity index (χ3v) is 3.93. The van der Waals surface area contributed by atoms with Gasteiger partial charge >= 0.3 is 5.97 Å². The molecule has 0 heterocycles. The predicted molar refractivity (Wildman–Crippen MR) is 78.0 cm³/mol. The molecule has 1 aromatic rings. The summed E-state index contributed by atoms with van der Waals surface area (Å²) in [6.07, 6.45) is 3.98. The number of benzene rings is 1. The number of rotatable bonds is 8. The average molecular weight is 263 g/mol. The van der Waals surface area contributed by atoms with E-state index in [2.05, 4.69) is 6.92 Å². The van der Waals surface area contributed by atoms with E-state index in [0.29, 0.717) is 12.8 Å². The number of carboxylic acid groups (broad SMARTS) is 1. The van der Waals surface area contributed by atoms with Crippen molar-refractivity contribution in [1.82, 2.24) is 0 Å². The number of carboxylic acids is 1. The summed E-state index contributed by atoms with van der Waals surface area (Å²) in [5.74, 6) is -1.31. The minimum Gasteiger partial charge on any atom is -0.481 e. The maximum Gasteiger partial charge on any atom is 0.308 e. The Kier molecular flexibility index (Phi) is 6.03. The number of carbonyl (C=O) groups is 1. The molecule has 2 unspecified atom stereocenters. The number of unbranched alkanes of at least 4 members (excludes halogenated alkanes) is 1. The lowest BCUT2D eigenvalue weighted by atomic mass is 9.75. The van der Waals surface area contributed by atoms with E-state index >= 15 is 0 Å². The van der Waals surface area contributed by atoms with Gasteiger partial charge in [0.05, 0.1) is 5.92 Å². The fourth-order valence-electron chi connectivity index (χ4n) is 2.49. The molecule has 0 amide bonds. The lowest BCUT2D eigenvalue weighted by Gasteiger charge is -2.34. The standard InChI is InChI=1S/C16H25NO2/c1-3-5-11-16(17,4-2)14(15(18)19)12-13-9-7-6-8-10-13/h6-10,14H,3-5,11-12,17H2,1-2H3,(H,18,19). The van der Waals surface area contributed by atoms with Crippen LogP contribution in [-0.2, 0) is 11.2 Å². The molecule has 3 nitrogen and oxygen atoms in total. The van der Waals surface area contributed by atoms with Gasteiger partial charge in [0.1, 0.15) is 0 Å². The molecular weight excluding hydrogens is 238 g/mol. The SMILES string of the molecule is CCCCC(N)(CC)C(Cc1ccccc1)C(=O)O. The molecule has 0 bridgehead atoms. The van der Waals surface area contributed by atoms with Crippen LogP contribution < -0.4 is 5.73 Å². The van der Waals surface area contributed by atoms with Crippen LogP contribution in [0.1, 0.15) is 45.1 Å². The summed E-state index contributed by atoms with van der Waals surface area (Å²) >= 11 is 0. The first kappa shape index (κ1) is 15.7. The summed E-state index contributed by atoms with van der Waals surface area (Å²) in [5.41, 5.74) is 6.82. The Balaban J connectivity index is 2.89. The quantitative estimate of drug-likeness (QED) is 0.757. The second-order valence-corrected chi connectivity index (χ2v) is 5.27. The smallest absolute Gasteiger partial charge is 0.308 e. The minimum atomic E-state index is -0.788. The van der Waals surface area contributed by atoms with Crippen LogP contribution in [0.4, 0.5) is 0 Å². The zero-order valence-electron chi connectivity index (χ0n) is 11.9. The Morgan fingerprint density at radius 1 is 1.32 bits per heavy atom. The maximum absolute atomic E-state index is 11.6. The summed E-state index contributed by atoms with van der Waals surface area (Å²) in [5, 5.41) is 9.52. The lowest BCUT2D eigenvalue weighted by Crippen LogP contribution is -2.51. The second-order valence-electron chi connectivity index (χ2n) is 5.27. The largest absolute Gasteiger partial charge is 0.481 e. The third kappa shape index (κ3) is 4.35. The summed E-state index contributed by atoms with van der Waals surface area (Å²) in [4.78, 5) is 11.6. The molecule has 0 radical (unpaired) electrons. The Morgan fingerprint density at radius 3 is 2.42 bits per heavy atom. The van der Waals surface area contributed by atoms with E-state index in [4.69, 9.17) is 5.73 Å². The highest BCUT2D eigenvalue weighted by Gasteiger charge is 2.37.